The lowest BCUT2D eigenvalue weighted by Crippen LogP contribution is -2.21. The van der Waals surface area contributed by atoms with Crippen LogP contribution >= 0.6 is 0 Å². The zero-order valence-corrected chi connectivity index (χ0v) is 14.4. The number of fused-ring (bicyclic) bond motifs is 1. The maximum Gasteiger partial charge on any atom is 0.270 e. The van der Waals surface area contributed by atoms with Crippen LogP contribution in [0.2, 0.25) is 0 Å². The molecule has 140 valence electrons. The molecule has 0 fully saturated rings. The molecule has 1 aromatic heterocycles. The van der Waals surface area contributed by atoms with Crippen LogP contribution in [-0.2, 0) is 0 Å². The molecule has 0 aliphatic heterocycles. The number of anilines is 1. The Hall–Kier alpha value is -4.14. The second-order valence-corrected chi connectivity index (χ2v) is 6.12. The van der Waals surface area contributed by atoms with Gasteiger partial charge in [0.2, 0.25) is 0 Å². The van der Waals surface area contributed by atoms with Crippen molar-refractivity contribution in [2.45, 2.75) is 6.17 Å². The van der Waals surface area contributed by atoms with E-state index in [2.05, 4.69) is 15.6 Å². The smallest absolute Gasteiger partial charge is 0.270 e. The molecule has 0 aliphatic carbocycles. The summed E-state index contributed by atoms with van der Waals surface area (Å²) in [6, 6.07) is 17.4. The van der Waals surface area contributed by atoms with Gasteiger partial charge in [-0.1, -0.05) is 23.4 Å². The average molecular weight is 377 g/mol. The van der Waals surface area contributed by atoms with Gasteiger partial charge in [-0.05, 0) is 30.3 Å². The van der Waals surface area contributed by atoms with Crippen molar-refractivity contribution >= 4 is 22.4 Å². The first-order chi connectivity index (χ1) is 13.5. The molecule has 28 heavy (non-hydrogen) atoms. The number of phenolic OH excluding ortho intramolecular Hbond substituents is 2. The predicted octanol–water partition coefficient (Wildman–Crippen LogP) is 3.41. The Morgan fingerprint density at radius 1 is 1.04 bits per heavy atom. The van der Waals surface area contributed by atoms with Gasteiger partial charge in [-0.15, -0.1) is 5.10 Å². The molecule has 0 unspecified atom stereocenters. The molecule has 0 amide bonds. The molecule has 0 bridgehead atoms. The Morgan fingerprint density at radius 3 is 2.64 bits per heavy atom. The summed E-state index contributed by atoms with van der Waals surface area (Å²) >= 11 is 0. The number of non-ortho nitro benzene ring substituents is 1. The van der Waals surface area contributed by atoms with E-state index in [4.69, 9.17) is 0 Å². The Morgan fingerprint density at radius 2 is 1.86 bits per heavy atom. The number of hydrogen-bond donors (Lipinski definition) is 3. The molecule has 4 rings (SSSR count). The molecule has 9 heteroatoms. The van der Waals surface area contributed by atoms with Crippen LogP contribution in [0, 0.1) is 10.1 Å². The summed E-state index contributed by atoms with van der Waals surface area (Å²) < 4.78 is 1.53. The van der Waals surface area contributed by atoms with E-state index in [0.29, 0.717) is 16.7 Å². The molecule has 0 aliphatic rings. The highest BCUT2D eigenvalue weighted by Crippen LogP contribution is 2.33. The highest BCUT2D eigenvalue weighted by molar-refractivity contribution is 5.74. The van der Waals surface area contributed by atoms with E-state index in [0.717, 1.165) is 0 Å². The Balaban J connectivity index is 1.89. The van der Waals surface area contributed by atoms with E-state index in [-0.39, 0.29) is 22.7 Å². The van der Waals surface area contributed by atoms with Crippen molar-refractivity contribution in [2.75, 3.05) is 5.32 Å². The fraction of sp³-hybridized carbons (Fsp3) is 0.0526. The largest absolute Gasteiger partial charge is 0.508 e. The van der Waals surface area contributed by atoms with Crippen molar-refractivity contribution in [3.63, 3.8) is 0 Å². The van der Waals surface area contributed by atoms with E-state index >= 15 is 0 Å². The number of aromatic nitrogens is 3. The molecule has 1 heterocycles. The minimum Gasteiger partial charge on any atom is -0.508 e. The molecule has 1 atom stereocenters. The SMILES string of the molecule is O=[N+]([O-])c1ccc(O)c([C@H](Nc2cccc(O)c2)n2nnc3ccccc32)c1. The lowest BCUT2D eigenvalue weighted by Gasteiger charge is -2.22. The third-order valence-electron chi connectivity index (χ3n) is 4.29. The summed E-state index contributed by atoms with van der Waals surface area (Å²) in [6.07, 6.45) is -0.811. The van der Waals surface area contributed by atoms with Crippen molar-refractivity contribution in [2.24, 2.45) is 0 Å². The fourth-order valence-electron chi connectivity index (χ4n) is 2.98. The number of nitro groups is 1. The van der Waals surface area contributed by atoms with Gasteiger partial charge in [-0.3, -0.25) is 10.1 Å². The summed E-state index contributed by atoms with van der Waals surface area (Å²) in [4.78, 5) is 10.7. The number of nitro benzene ring substituents is 1. The van der Waals surface area contributed by atoms with Gasteiger partial charge in [0.25, 0.3) is 5.69 Å². The second kappa shape index (κ2) is 6.88. The van der Waals surface area contributed by atoms with Crippen molar-refractivity contribution in [1.29, 1.82) is 0 Å². The highest BCUT2D eigenvalue weighted by atomic mass is 16.6. The van der Waals surface area contributed by atoms with Crippen LogP contribution in [0.15, 0.2) is 66.7 Å². The maximum absolute atomic E-state index is 11.2. The molecule has 4 aromatic rings. The van der Waals surface area contributed by atoms with Gasteiger partial charge in [0.1, 0.15) is 17.0 Å². The first-order valence-electron chi connectivity index (χ1n) is 8.36. The molecule has 0 radical (unpaired) electrons. The Bertz CT molecular complexity index is 1170. The number of phenols is 2. The van der Waals surface area contributed by atoms with Gasteiger partial charge < -0.3 is 15.5 Å². The summed E-state index contributed by atoms with van der Waals surface area (Å²) in [5, 5.41) is 42.8. The predicted molar refractivity (Wildman–Crippen MR) is 102 cm³/mol. The standard InChI is InChI=1S/C19H15N5O4/c25-14-5-3-4-12(10-14)20-19(15-11-13(24(27)28)8-9-18(15)26)23-17-7-2-1-6-16(17)21-22-23/h1-11,19-20,25-26H/t19-/m1/s1. The van der Waals surface area contributed by atoms with Gasteiger partial charge in [0.15, 0.2) is 6.17 Å². The summed E-state index contributed by atoms with van der Waals surface area (Å²) in [5.74, 6) is -0.0849. The van der Waals surface area contributed by atoms with Crippen LogP contribution < -0.4 is 5.32 Å². The average Bonchev–Trinajstić information content (AvgIpc) is 3.10. The van der Waals surface area contributed by atoms with Crippen molar-refractivity contribution < 1.29 is 15.1 Å². The normalized spacial score (nSPS) is 12.0. The zero-order chi connectivity index (χ0) is 19.7. The topological polar surface area (TPSA) is 126 Å². The molecule has 0 spiro atoms. The van der Waals surface area contributed by atoms with Crippen LogP contribution in [-0.4, -0.2) is 30.1 Å². The lowest BCUT2D eigenvalue weighted by molar-refractivity contribution is -0.385. The summed E-state index contributed by atoms with van der Waals surface area (Å²) in [6.45, 7) is 0. The molecular formula is C19H15N5O4. The second-order valence-electron chi connectivity index (χ2n) is 6.12. The van der Waals surface area contributed by atoms with Gasteiger partial charge in [0.05, 0.1) is 10.4 Å². The number of hydrogen-bond acceptors (Lipinski definition) is 7. The van der Waals surface area contributed by atoms with E-state index in [1.807, 2.05) is 12.1 Å². The number of nitrogens with one attached hydrogen (secondary N) is 1. The van der Waals surface area contributed by atoms with E-state index < -0.39 is 11.1 Å². The van der Waals surface area contributed by atoms with Crippen LogP contribution in [0.25, 0.3) is 11.0 Å². The fourth-order valence-corrected chi connectivity index (χ4v) is 2.98. The molecule has 3 N–H and O–H groups in total. The van der Waals surface area contributed by atoms with E-state index in [9.17, 15) is 20.3 Å². The van der Waals surface area contributed by atoms with E-state index in [1.54, 1.807) is 24.3 Å². The molecular weight excluding hydrogens is 362 g/mol. The van der Waals surface area contributed by atoms with Crippen molar-refractivity contribution in [3.05, 3.63) is 82.4 Å². The van der Waals surface area contributed by atoms with Crippen LogP contribution in [0.3, 0.4) is 0 Å². The molecule has 3 aromatic carbocycles. The minimum atomic E-state index is -0.811. The molecule has 9 nitrogen and oxygen atoms in total. The number of rotatable bonds is 5. The third kappa shape index (κ3) is 3.16. The van der Waals surface area contributed by atoms with Gasteiger partial charge in [-0.25, -0.2) is 4.68 Å². The highest BCUT2D eigenvalue weighted by Gasteiger charge is 2.23. The van der Waals surface area contributed by atoms with Gasteiger partial charge >= 0.3 is 0 Å². The number of aromatic hydroxyl groups is 2. The van der Waals surface area contributed by atoms with Crippen LogP contribution in [0.5, 0.6) is 11.5 Å². The number of para-hydroxylation sites is 1. The monoisotopic (exact) mass is 377 g/mol. The Labute approximate surface area is 158 Å². The molecule has 0 saturated carbocycles. The first-order valence-corrected chi connectivity index (χ1v) is 8.36. The van der Waals surface area contributed by atoms with Gasteiger partial charge in [0, 0.05) is 29.4 Å². The van der Waals surface area contributed by atoms with Gasteiger partial charge in [-0.2, -0.15) is 0 Å². The number of nitrogens with zero attached hydrogens (tertiary/aromatic N) is 4. The van der Waals surface area contributed by atoms with E-state index in [1.165, 1.54) is 35.0 Å². The first kappa shape index (κ1) is 17.3. The third-order valence-corrected chi connectivity index (χ3v) is 4.29. The lowest BCUT2D eigenvalue weighted by atomic mass is 10.1. The maximum atomic E-state index is 11.2. The summed E-state index contributed by atoms with van der Waals surface area (Å²) in [5.41, 5.74) is 1.92. The minimum absolute atomic E-state index is 0.0514. The van der Waals surface area contributed by atoms with Crippen LogP contribution in [0.1, 0.15) is 11.7 Å². The van der Waals surface area contributed by atoms with Crippen LogP contribution in [0.4, 0.5) is 11.4 Å². The van der Waals surface area contributed by atoms with Crippen molar-refractivity contribution in [3.8, 4) is 11.5 Å². The molecule has 0 saturated heterocycles. The number of benzene rings is 3. The Kier molecular flexibility index (Phi) is 4.24. The van der Waals surface area contributed by atoms with Crippen molar-refractivity contribution in [1.82, 2.24) is 15.0 Å². The zero-order valence-electron chi connectivity index (χ0n) is 14.4. The quantitative estimate of drug-likeness (QED) is 0.359. The summed E-state index contributed by atoms with van der Waals surface area (Å²) in [7, 11) is 0.